The zero-order valence-electron chi connectivity index (χ0n) is 8.18. The van der Waals surface area contributed by atoms with Crippen LogP contribution in [0.15, 0.2) is 36.4 Å². The molecule has 0 unspecified atom stereocenters. The quantitative estimate of drug-likeness (QED) is 0.809. The SMILES string of the molecule is O=C(O)c1ccc2cc(C(=O)O)ccc2c1.[KH].[KH]. The Labute approximate surface area is 189 Å². The van der Waals surface area contributed by atoms with Crippen molar-refractivity contribution in [2.24, 2.45) is 0 Å². The van der Waals surface area contributed by atoms with Gasteiger partial charge in [0.15, 0.2) is 0 Å². The van der Waals surface area contributed by atoms with Crippen molar-refractivity contribution in [1.29, 1.82) is 0 Å². The molecule has 84 valence electrons. The Kier molecular flexibility index (Phi) is 8.67. The number of fused-ring (bicyclic) bond motifs is 1. The molecule has 0 saturated carbocycles. The minimum absolute atomic E-state index is 0. The van der Waals surface area contributed by atoms with E-state index in [0.717, 1.165) is 0 Å². The Morgan fingerprint density at radius 2 is 1.06 bits per heavy atom. The molecule has 0 atom stereocenters. The predicted molar refractivity (Wildman–Crippen MR) is 72.2 cm³/mol. The van der Waals surface area contributed by atoms with Crippen molar-refractivity contribution in [3.8, 4) is 0 Å². The summed E-state index contributed by atoms with van der Waals surface area (Å²) in [4.78, 5) is 21.5. The van der Waals surface area contributed by atoms with Crippen LogP contribution < -0.4 is 0 Å². The van der Waals surface area contributed by atoms with Crippen LogP contribution in [0.5, 0.6) is 0 Å². The standard InChI is InChI=1S/C12H8O4.2K.2H/c13-11(14)9-3-1-7-5-10(12(15)16)4-2-8(7)6-9;;;;/h1-6H,(H,13,14)(H,15,16);;;;. The summed E-state index contributed by atoms with van der Waals surface area (Å²) in [6.45, 7) is 0. The number of carbonyl (C=O) groups is 2. The molecule has 6 heteroatoms. The van der Waals surface area contributed by atoms with E-state index >= 15 is 0 Å². The van der Waals surface area contributed by atoms with E-state index in [2.05, 4.69) is 0 Å². The number of benzene rings is 2. The van der Waals surface area contributed by atoms with Crippen molar-refractivity contribution in [3.63, 3.8) is 0 Å². The van der Waals surface area contributed by atoms with E-state index in [9.17, 15) is 9.59 Å². The molecule has 2 rings (SSSR count). The van der Waals surface area contributed by atoms with Crippen LogP contribution in [-0.4, -0.2) is 125 Å². The van der Waals surface area contributed by atoms with Crippen LogP contribution in [0, 0.1) is 0 Å². The first-order valence-corrected chi connectivity index (χ1v) is 4.58. The summed E-state index contributed by atoms with van der Waals surface area (Å²) in [5.41, 5.74) is 0.381. The fourth-order valence-corrected chi connectivity index (χ4v) is 1.51. The average molecular weight is 296 g/mol. The number of aromatic carboxylic acids is 2. The zero-order valence-corrected chi connectivity index (χ0v) is 8.18. The van der Waals surface area contributed by atoms with Crippen molar-refractivity contribution >= 4 is 125 Å². The first-order valence-electron chi connectivity index (χ1n) is 4.58. The maximum atomic E-state index is 10.7. The Bertz CT molecular complexity index is 542. The van der Waals surface area contributed by atoms with Gasteiger partial charge in [-0.1, -0.05) is 12.1 Å². The fourth-order valence-electron chi connectivity index (χ4n) is 1.51. The minimum atomic E-state index is -0.996. The van der Waals surface area contributed by atoms with Crippen molar-refractivity contribution in [1.82, 2.24) is 0 Å². The molecule has 0 aliphatic heterocycles. The monoisotopic (exact) mass is 296 g/mol. The topological polar surface area (TPSA) is 74.6 Å². The van der Waals surface area contributed by atoms with Gasteiger partial charge < -0.3 is 10.2 Å². The van der Waals surface area contributed by atoms with E-state index < -0.39 is 11.9 Å². The molecule has 0 heterocycles. The second kappa shape index (κ2) is 8.26. The molecule has 0 aliphatic rings. The molecule has 0 fully saturated rings. The maximum absolute atomic E-state index is 10.7. The first kappa shape index (κ1) is 18.9. The van der Waals surface area contributed by atoms with Gasteiger partial charge in [-0.05, 0) is 35.0 Å². The van der Waals surface area contributed by atoms with Crippen LogP contribution >= 0.6 is 0 Å². The van der Waals surface area contributed by atoms with Gasteiger partial charge in [0.2, 0.25) is 0 Å². The number of rotatable bonds is 2. The van der Waals surface area contributed by atoms with Crippen LogP contribution in [0.2, 0.25) is 0 Å². The third-order valence-electron chi connectivity index (χ3n) is 2.33. The van der Waals surface area contributed by atoms with Crippen molar-refractivity contribution in [3.05, 3.63) is 47.5 Å². The Morgan fingerprint density at radius 1 is 0.722 bits per heavy atom. The summed E-state index contributed by atoms with van der Waals surface area (Å²) in [7, 11) is 0. The normalized spacial score (nSPS) is 9.11. The summed E-state index contributed by atoms with van der Waals surface area (Å²) in [6.07, 6.45) is 0. The molecule has 0 bridgehead atoms. The molecular weight excluding hydrogens is 286 g/mol. The van der Waals surface area contributed by atoms with Gasteiger partial charge in [0, 0.05) is 0 Å². The predicted octanol–water partition coefficient (Wildman–Crippen LogP) is 0.939. The van der Waals surface area contributed by atoms with Gasteiger partial charge in [-0.25, -0.2) is 9.59 Å². The molecule has 0 saturated heterocycles. The van der Waals surface area contributed by atoms with Crippen molar-refractivity contribution in [2.75, 3.05) is 0 Å². The first-order chi connectivity index (χ1) is 7.58. The molecule has 0 radical (unpaired) electrons. The molecule has 0 amide bonds. The van der Waals surface area contributed by atoms with E-state index in [0.29, 0.717) is 10.8 Å². The van der Waals surface area contributed by atoms with Crippen LogP contribution in [0.4, 0.5) is 0 Å². The van der Waals surface area contributed by atoms with Gasteiger partial charge >= 0.3 is 115 Å². The zero-order chi connectivity index (χ0) is 11.7. The molecule has 0 aliphatic carbocycles. The van der Waals surface area contributed by atoms with Crippen LogP contribution in [0.3, 0.4) is 0 Å². The molecule has 2 aromatic carbocycles. The van der Waals surface area contributed by atoms with Gasteiger partial charge in [0.05, 0.1) is 11.1 Å². The molecule has 0 spiro atoms. The Balaban J connectivity index is 0.00000144. The van der Waals surface area contributed by atoms with E-state index in [4.69, 9.17) is 10.2 Å². The molecule has 0 aromatic heterocycles. The summed E-state index contributed by atoms with van der Waals surface area (Å²) in [5, 5.41) is 19.0. The van der Waals surface area contributed by atoms with Gasteiger partial charge in [-0.2, -0.15) is 0 Å². The van der Waals surface area contributed by atoms with E-state index in [-0.39, 0.29) is 114 Å². The summed E-state index contributed by atoms with van der Waals surface area (Å²) < 4.78 is 0. The van der Waals surface area contributed by atoms with Crippen molar-refractivity contribution < 1.29 is 19.8 Å². The van der Waals surface area contributed by atoms with E-state index in [1.807, 2.05) is 0 Å². The second-order valence-corrected chi connectivity index (χ2v) is 3.39. The summed E-state index contributed by atoms with van der Waals surface area (Å²) in [6, 6.07) is 9.15. The molecular formula is C12H10K2O4. The van der Waals surface area contributed by atoms with Gasteiger partial charge in [-0.15, -0.1) is 0 Å². The Morgan fingerprint density at radius 3 is 1.33 bits per heavy atom. The third kappa shape index (κ3) is 4.48. The molecule has 4 nitrogen and oxygen atoms in total. The van der Waals surface area contributed by atoms with E-state index in [1.165, 1.54) is 24.3 Å². The second-order valence-electron chi connectivity index (χ2n) is 3.39. The molecule has 18 heavy (non-hydrogen) atoms. The van der Waals surface area contributed by atoms with Crippen molar-refractivity contribution in [2.45, 2.75) is 0 Å². The van der Waals surface area contributed by atoms with Gasteiger partial charge in [0.25, 0.3) is 0 Å². The molecule has 2 N–H and O–H groups in total. The number of carboxylic acids is 2. The van der Waals surface area contributed by atoms with Crippen LogP contribution in [0.1, 0.15) is 20.7 Å². The third-order valence-corrected chi connectivity index (χ3v) is 2.33. The Hall–Kier alpha value is 0.913. The molecule has 2 aromatic rings. The average Bonchev–Trinajstić information content (AvgIpc) is 2.27. The van der Waals surface area contributed by atoms with Gasteiger partial charge in [0.1, 0.15) is 0 Å². The van der Waals surface area contributed by atoms with Gasteiger partial charge in [-0.3, -0.25) is 0 Å². The summed E-state index contributed by atoms with van der Waals surface area (Å²) >= 11 is 0. The number of hydrogen-bond acceptors (Lipinski definition) is 2. The number of carboxylic acid groups (broad SMARTS) is 2. The summed E-state index contributed by atoms with van der Waals surface area (Å²) in [5.74, 6) is -1.99. The van der Waals surface area contributed by atoms with Crippen LogP contribution in [-0.2, 0) is 0 Å². The number of hydrogen-bond donors (Lipinski definition) is 2. The fraction of sp³-hybridized carbons (Fsp3) is 0. The van der Waals surface area contributed by atoms with E-state index in [1.54, 1.807) is 12.1 Å². The van der Waals surface area contributed by atoms with Crippen LogP contribution in [0.25, 0.3) is 10.8 Å².